The molecule has 0 bridgehead atoms. The molecule has 2 N–H and O–H groups in total. The van der Waals surface area contributed by atoms with Gasteiger partial charge in [0.15, 0.2) is 0 Å². The van der Waals surface area contributed by atoms with E-state index in [0.29, 0.717) is 19.3 Å². The van der Waals surface area contributed by atoms with Gasteiger partial charge in [-0.3, -0.25) is 4.79 Å². The van der Waals surface area contributed by atoms with Gasteiger partial charge in [-0.2, -0.15) is 0 Å². The molecular weight excluding hydrogens is 158 g/mol. The Morgan fingerprint density at radius 1 is 1.58 bits per heavy atom. The van der Waals surface area contributed by atoms with Gasteiger partial charge in [0.05, 0.1) is 25.2 Å². The lowest BCUT2D eigenvalue weighted by Crippen LogP contribution is -2.52. The lowest BCUT2D eigenvalue weighted by atomic mass is 10.0. The van der Waals surface area contributed by atoms with Gasteiger partial charge in [-0.05, 0) is 6.92 Å². The van der Waals surface area contributed by atoms with Gasteiger partial charge in [0, 0.05) is 6.04 Å². The number of nitrogens with one attached hydrogen (secondary N) is 1. The monoisotopic (exact) mass is 173 g/mol. The molecule has 2 unspecified atom stereocenters. The minimum Gasteiger partial charge on any atom is -0.481 e. The number of ether oxygens (including phenoxy) is 1. The van der Waals surface area contributed by atoms with Crippen molar-refractivity contribution in [3.05, 3.63) is 0 Å². The van der Waals surface area contributed by atoms with Gasteiger partial charge in [-0.15, -0.1) is 0 Å². The number of carboxylic acids is 1. The molecule has 1 heterocycles. The van der Waals surface area contributed by atoms with Crippen molar-refractivity contribution in [2.75, 3.05) is 13.2 Å². The lowest BCUT2D eigenvalue weighted by Gasteiger charge is -2.31. The Hall–Kier alpha value is -0.610. The highest BCUT2D eigenvalue weighted by Crippen LogP contribution is 2.07. The zero-order chi connectivity index (χ0) is 9.14. The molecule has 0 spiro atoms. The van der Waals surface area contributed by atoms with Crippen LogP contribution in [0.5, 0.6) is 0 Å². The molecule has 0 aromatic heterocycles. The number of carbonyl (C=O) groups is 1. The maximum atomic E-state index is 10.6. The minimum atomic E-state index is -0.754. The largest absolute Gasteiger partial charge is 0.481 e. The zero-order valence-corrected chi connectivity index (χ0v) is 7.41. The molecule has 1 saturated heterocycles. The first-order valence-electron chi connectivity index (χ1n) is 4.18. The molecule has 1 aliphatic heterocycles. The fraction of sp³-hybridized carbons (Fsp3) is 0.875. The van der Waals surface area contributed by atoms with Crippen LogP contribution < -0.4 is 5.32 Å². The van der Waals surface area contributed by atoms with E-state index in [4.69, 9.17) is 9.84 Å². The SMILES string of the molecule is CC(NC1COC1)C(C)C(=O)O. The molecule has 70 valence electrons. The van der Waals surface area contributed by atoms with Gasteiger partial charge in [0.1, 0.15) is 0 Å². The van der Waals surface area contributed by atoms with Crippen LogP contribution in [0.15, 0.2) is 0 Å². The molecule has 0 saturated carbocycles. The molecule has 0 aromatic carbocycles. The summed E-state index contributed by atoms with van der Waals surface area (Å²) in [6.45, 7) is 5.00. The Morgan fingerprint density at radius 3 is 2.50 bits per heavy atom. The van der Waals surface area contributed by atoms with Crippen LogP contribution in [0.2, 0.25) is 0 Å². The first-order valence-corrected chi connectivity index (χ1v) is 4.18. The first-order chi connectivity index (χ1) is 5.61. The Labute approximate surface area is 71.9 Å². The highest BCUT2D eigenvalue weighted by molar-refractivity contribution is 5.70. The first kappa shape index (κ1) is 9.48. The van der Waals surface area contributed by atoms with E-state index in [0.717, 1.165) is 0 Å². The Kier molecular flexibility index (Phi) is 3.05. The molecule has 12 heavy (non-hydrogen) atoms. The quantitative estimate of drug-likeness (QED) is 0.632. The van der Waals surface area contributed by atoms with Gasteiger partial charge in [-0.25, -0.2) is 0 Å². The molecule has 1 rings (SSSR count). The van der Waals surface area contributed by atoms with Gasteiger partial charge in [0.25, 0.3) is 0 Å². The number of carboxylic acid groups (broad SMARTS) is 1. The molecule has 0 radical (unpaired) electrons. The van der Waals surface area contributed by atoms with Crippen molar-refractivity contribution < 1.29 is 14.6 Å². The van der Waals surface area contributed by atoms with E-state index >= 15 is 0 Å². The van der Waals surface area contributed by atoms with Crippen LogP contribution in [0, 0.1) is 5.92 Å². The number of aliphatic carboxylic acids is 1. The average Bonchev–Trinajstić information content (AvgIpc) is 1.94. The van der Waals surface area contributed by atoms with Crippen molar-refractivity contribution in [2.45, 2.75) is 25.9 Å². The van der Waals surface area contributed by atoms with Crippen molar-refractivity contribution in [3.8, 4) is 0 Å². The van der Waals surface area contributed by atoms with Crippen LogP contribution in [0.25, 0.3) is 0 Å². The normalized spacial score (nSPS) is 22.8. The maximum Gasteiger partial charge on any atom is 0.307 e. The summed E-state index contributed by atoms with van der Waals surface area (Å²) in [5, 5.41) is 11.9. The van der Waals surface area contributed by atoms with Crippen LogP contribution in [0.3, 0.4) is 0 Å². The van der Waals surface area contributed by atoms with Crippen LogP contribution in [0.4, 0.5) is 0 Å². The summed E-state index contributed by atoms with van der Waals surface area (Å²) >= 11 is 0. The summed E-state index contributed by atoms with van der Waals surface area (Å²) in [6, 6.07) is 0.359. The summed E-state index contributed by atoms with van der Waals surface area (Å²) < 4.78 is 4.97. The summed E-state index contributed by atoms with van der Waals surface area (Å²) in [4.78, 5) is 10.6. The van der Waals surface area contributed by atoms with Gasteiger partial charge in [-0.1, -0.05) is 6.92 Å². The van der Waals surface area contributed by atoms with E-state index in [1.54, 1.807) is 6.92 Å². The van der Waals surface area contributed by atoms with Crippen LogP contribution >= 0.6 is 0 Å². The highest BCUT2D eigenvalue weighted by Gasteiger charge is 2.25. The second kappa shape index (κ2) is 3.87. The molecule has 4 heteroatoms. The topological polar surface area (TPSA) is 58.6 Å². The summed E-state index contributed by atoms with van der Waals surface area (Å²) in [6.07, 6.45) is 0. The van der Waals surface area contributed by atoms with Gasteiger partial charge in [0.2, 0.25) is 0 Å². The van der Waals surface area contributed by atoms with Crippen molar-refractivity contribution in [2.24, 2.45) is 5.92 Å². The molecule has 0 amide bonds. The molecule has 2 atom stereocenters. The molecular formula is C8H15NO3. The average molecular weight is 173 g/mol. The number of hydrogen-bond acceptors (Lipinski definition) is 3. The summed E-state index contributed by atoms with van der Waals surface area (Å²) in [7, 11) is 0. The van der Waals surface area contributed by atoms with E-state index in [-0.39, 0.29) is 12.0 Å². The summed E-state index contributed by atoms with van der Waals surface area (Å²) in [5.74, 6) is -1.10. The van der Waals surface area contributed by atoms with Gasteiger partial charge < -0.3 is 15.2 Å². The number of hydrogen-bond donors (Lipinski definition) is 2. The van der Waals surface area contributed by atoms with Crippen molar-refractivity contribution >= 4 is 5.97 Å². The zero-order valence-electron chi connectivity index (χ0n) is 7.41. The molecule has 0 aromatic rings. The molecule has 1 fully saturated rings. The third-order valence-electron chi connectivity index (χ3n) is 2.28. The van der Waals surface area contributed by atoms with E-state index in [1.165, 1.54) is 0 Å². The third-order valence-corrected chi connectivity index (χ3v) is 2.28. The predicted molar refractivity (Wildman–Crippen MR) is 44.0 cm³/mol. The molecule has 0 aliphatic carbocycles. The minimum absolute atomic E-state index is 0.0106. The van der Waals surface area contributed by atoms with Crippen LogP contribution in [-0.2, 0) is 9.53 Å². The Balaban J connectivity index is 2.25. The van der Waals surface area contributed by atoms with E-state index < -0.39 is 5.97 Å². The second-order valence-electron chi connectivity index (χ2n) is 3.32. The third kappa shape index (κ3) is 2.19. The second-order valence-corrected chi connectivity index (χ2v) is 3.32. The fourth-order valence-electron chi connectivity index (χ4n) is 1.06. The Bertz CT molecular complexity index is 168. The van der Waals surface area contributed by atoms with E-state index in [2.05, 4.69) is 5.32 Å². The van der Waals surface area contributed by atoms with Crippen molar-refractivity contribution in [1.29, 1.82) is 0 Å². The Morgan fingerprint density at radius 2 is 2.17 bits per heavy atom. The van der Waals surface area contributed by atoms with Crippen LogP contribution in [0.1, 0.15) is 13.8 Å². The van der Waals surface area contributed by atoms with E-state index in [1.807, 2.05) is 6.92 Å². The summed E-state index contributed by atoms with van der Waals surface area (Å²) in [5.41, 5.74) is 0. The van der Waals surface area contributed by atoms with Crippen molar-refractivity contribution in [1.82, 2.24) is 5.32 Å². The van der Waals surface area contributed by atoms with Gasteiger partial charge >= 0.3 is 5.97 Å². The maximum absolute atomic E-state index is 10.6. The standard InChI is InChI=1S/C8H15NO3/c1-5(8(10)11)6(2)9-7-3-12-4-7/h5-7,9H,3-4H2,1-2H3,(H,10,11). The lowest BCUT2D eigenvalue weighted by molar-refractivity contribution is -0.142. The smallest absolute Gasteiger partial charge is 0.307 e. The molecule has 1 aliphatic rings. The van der Waals surface area contributed by atoms with E-state index in [9.17, 15) is 4.79 Å². The highest BCUT2D eigenvalue weighted by atomic mass is 16.5. The fourth-order valence-corrected chi connectivity index (χ4v) is 1.06. The predicted octanol–water partition coefficient (Wildman–Crippen LogP) is 0.0840. The van der Waals surface area contributed by atoms with Crippen LogP contribution in [-0.4, -0.2) is 36.4 Å². The molecule has 4 nitrogen and oxygen atoms in total. The van der Waals surface area contributed by atoms with Crippen molar-refractivity contribution in [3.63, 3.8) is 0 Å². The number of rotatable bonds is 4.